The molecule has 1 saturated heterocycles. The van der Waals surface area contributed by atoms with Crippen molar-refractivity contribution in [2.45, 2.75) is 25.9 Å². The second-order valence-electron chi connectivity index (χ2n) is 4.08. The molecule has 1 unspecified atom stereocenters. The van der Waals surface area contributed by atoms with Crippen LogP contribution >= 0.6 is 0 Å². The van der Waals surface area contributed by atoms with Crippen molar-refractivity contribution in [3.63, 3.8) is 0 Å². The normalized spacial score (nSPS) is 21.7. The maximum Gasteiger partial charge on any atom is 0.124 e. The van der Waals surface area contributed by atoms with Crippen LogP contribution in [0, 0.1) is 6.92 Å². The number of phenols is 1. The van der Waals surface area contributed by atoms with E-state index in [-0.39, 0.29) is 6.10 Å². The Bertz CT molecular complexity index is 382. The molecular weight excluding hydrogens is 188 g/mol. The van der Waals surface area contributed by atoms with E-state index in [1.165, 1.54) is 5.57 Å². The van der Waals surface area contributed by atoms with Crippen molar-refractivity contribution in [1.82, 2.24) is 0 Å². The molecule has 1 aliphatic rings. The van der Waals surface area contributed by atoms with Crippen molar-refractivity contribution < 1.29 is 9.84 Å². The van der Waals surface area contributed by atoms with Crippen LogP contribution in [0.5, 0.6) is 5.75 Å². The molecule has 1 aromatic rings. The standard InChI is InChI=1S/C13H16O2/c1-9-6-7-15-12(8-9)11-5-3-4-10(2)13(11)14/h3-5,12,14H,1,6-8H2,2H3. The lowest BCUT2D eigenvalue weighted by Crippen LogP contribution is -2.13. The van der Waals surface area contributed by atoms with Crippen LogP contribution in [0.4, 0.5) is 0 Å². The van der Waals surface area contributed by atoms with E-state index in [4.69, 9.17) is 4.74 Å². The molecule has 1 aliphatic heterocycles. The zero-order chi connectivity index (χ0) is 10.8. The predicted octanol–water partition coefficient (Wildman–Crippen LogP) is 3.11. The van der Waals surface area contributed by atoms with Gasteiger partial charge in [0.25, 0.3) is 0 Å². The van der Waals surface area contributed by atoms with Gasteiger partial charge in [-0.05, 0) is 25.3 Å². The number of hydrogen-bond donors (Lipinski definition) is 1. The van der Waals surface area contributed by atoms with Crippen molar-refractivity contribution in [3.05, 3.63) is 41.5 Å². The van der Waals surface area contributed by atoms with Gasteiger partial charge in [0, 0.05) is 5.56 Å². The third-order valence-electron chi connectivity index (χ3n) is 2.86. The van der Waals surface area contributed by atoms with Crippen molar-refractivity contribution in [2.24, 2.45) is 0 Å². The molecule has 1 fully saturated rings. The molecule has 0 amide bonds. The topological polar surface area (TPSA) is 29.5 Å². The summed E-state index contributed by atoms with van der Waals surface area (Å²) < 4.78 is 5.65. The summed E-state index contributed by atoms with van der Waals surface area (Å²) in [6.45, 7) is 6.58. The Morgan fingerprint density at radius 1 is 1.47 bits per heavy atom. The third-order valence-corrected chi connectivity index (χ3v) is 2.86. The Hall–Kier alpha value is -1.28. The quantitative estimate of drug-likeness (QED) is 0.712. The molecule has 1 aromatic carbocycles. The fraction of sp³-hybridized carbons (Fsp3) is 0.385. The molecule has 0 saturated carbocycles. The van der Waals surface area contributed by atoms with E-state index in [1.807, 2.05) is 25.1 Å². The van der Waals surface area contributed by atoms with Gasteiger partial charge in [-0.2, -0.15) is 0 Å². The molecular formula is C13H16O2. The summed E-state index contributed by atoms with van der Waals surface area (Å²) in [7, 11) is 0. The summed E-state index contributed by atoms with van der Waals surface area (Å²) in [5, 5.41) is 9.93. The van der Waals surface area contributed by atoms with Gasteiger partial charge in [0.05, 0.1) is 12.7 Å². The van der Waals surface area contributed by atoms with Gasteiger partial charge in [0.2, 0.25) is 0 Å². The van der Waals surface area contributed by atoms with Gasteiger partial charge < -0.3 is 9.84 Å². The third kappa shape index (κ3) is 2.05. The molecule has 0 spiro atoms. The zero-order valence-electron chi connectivity index (χ0n) is 8.99. The van der Waals surface area contributed by atoms with Gasteiger partial charge in [-0.1, -0.05) is 30.4 Å². The summed E-state index contributed by atoms with van der Waals surface area (Å²) in [5.74, 6) is 0.359. The van der Waals surface area contributed by atoms with Gasteiger partial charge in [-0.3, -0.25) is 0 Å². The van der Waals surface area contributed by atoms with Crippen molar-refractivity contribution in [1.29, 1.82) is 0 Å². The van der Waals surface area contributed by atoms with E-state index >= 15 is 0 Å². The van der Waals surface area contributed by atoms with E-state index in [0.717, 1.165) is 24.0 Å². The molecule has 1 N–H and O–H groups in total. The van der Waals surface area contributed by atoms with Crippen LogP contribution in [-0.2, 0) is 4.74 Å². The van der Waals surface area contributed by atoms with Crippen LogP contribution in [0.2, 0.25) is 0 Å². The molecule has 1 atom stereocenters. The highest BCUT2D eigenvalue weighted by atomic mass is 16.5. The first-order chi connectivity index (χ1) is 7.18. The van der Waals surface area contributed by atoms with Crippen molar-refractivity contribution in [3.8, 4) is 5.75 Å². The van der Waals surface area contributed by atoms with E-state index in [9.17, 15) is 5.11 Å². The molecule has 0 bridgehead atoms. The van der Waals surface area contributed by atoms with Gasteiger partial charge in [0.1, 0.15) is 5.75 Å². The van der Waals surface area contributed by atoms with Crippen LogP contribution in [0.15, 0.2) is 30.4 Å². The van der Waals surface area contributed by atoms with E-state index in [0.29, 0.717) is 12.4 Å². The lowest BCUT2D eigenvalue weighted by atomic mass is 9.96. The maximum atomic E-state index is 9.93. The molecule has 0 aliphatic carbocycles. The Morgan fingerprint density at radius 3 is 3.00 bits per heavy atom. The average molecular weight is 204 g/mol. The Morgan fingerprint density at radius 2 is 2.27 bits per heavy atom. The van der Waals surface area contributed by atoms with Crippen molar-refractivity contribution in [2.75, 3.05) is 6.61 Å². The molecule has 2 rings (SSSR count). The molecule has 2 nitrogen and oxygen atoms in total. The van der Waals surface area contributed by atoms with Crippen LogP contribution in [0.25, 0.3) is 0 Å². The van der Waals surface area contributed by atoms with Crippen LogP contribution in [0.1, 0.15) is 30.1 Å². The zero-order valence-corrected chi connectivity index (χ0v) is 8.99. The SMILES string of the molecule is C=C1CCOC(c2cccc(C)c2O)C1. The highest BCUT2D eigenvalue weighted by molar-refractivity contribution is 5.41. The number of aromatic hydroxyl groups is 1. The number of para-hydroxylation sites is 1. The average Bonchev–Trinajstić information content (AvgIpc) is 2.22. The highest BCUT2D eigenvalue weighted by Gasteiger charge is 2.21. The largest absolute Gasteiger partial charge is 0.507 e. The number of phenolic OH excluding ortho intramolecular Hbond substituents is 1. The van der Waals surface area contributed by atoms with E-state index < -0.39 is 0 Å². The van der Waals surface area contributed by atoms with Crippen LogP contribution in [0.3, 0.4) is 0 Å². The van der Waals surface area contributed by atoms with Gasteiger partial charge in [-0.25, -0.2) is 0 Å². The minimum Gasteiger partial charge on any atom is -0.507 e. The number of rotatable bonds is 1. The van der Waals surface area contributed by atoms with Gasteiger partial charge in [-0.15, -0.1) is 0 Å². The predicted molar refractivity (Wildman–Crippen MR) is 59.9 cm³/mol. The fourth-order valence-electron chi connectivity index (χ4n) is 1.91. The lowest BCUT2D eigenvalue weighted by molar-refractivity contribution is 0.0337. The minimum atomic E-state index is -0.0221. The smallest absolute Gasteiger partial charge is 0.124 e. The van der Waals surface area contributed by atoms with E-state index in [1.54, 1.807) is 0 Å². The van der Waals surface area contributed by atoms with Gasteiger partial charge >= 0.3 is 0 Å². The first kappa shape index (κ1) is 10.2. The summed E-state index contributed by atoms with van der Waals surface area (Å²) in [4.78, 5) is 0. The summed E-state index contributed by atoms with van der Waals surface area (Å²) >= 11 is 0. The molecule has 80 valence electrons. The minimum absolute atomic E-state index is 0.0221. The van der Waals surface area contributed by atoms with Crippen LogP contribution in [-0.4, -0.2) is 11.7 Å². The Balaban J connectivity index is 2.28. The molecule has 15 heavy (non-hydrogen) atoms. The first-order valence-corrected chi connectivity index (χ1v) is 5.25. The second-order valence-corrected chi connectivity index (χ2v) is 4.08. The summed E-state index contributed by atoms with van der Waals surface area (Å²) in [6, 6.07) is 5.77. The fourth-order valence-corrected chi connectivity index (χ4v) is 1.91. The Labute approximate surface area is 90.2 Å². The maximum absolute atomic E-state index is 9.93. The van der Waals surface area contributed by atoms with E-state index in [2.05, 4.69) is 6.58 Å². The molecule has 0 aromatic heterocycles. The number of aryl methyl sites for hydroxylation is 1. The molecule has 1 heterocycles. The summed E-state index contributed by atoms with van der Waals surface area (Å²) in [5.41, 5.74) is 2.98. The summed E-state index contributed by atoms with van der Waals surface area (Å²) in [6.07, 6.45) is 1.73. The van der Waals surface area contributed by atoms with Crippen molar-refractivity contribution >= 4 is 0 Å². The molecule has 2 heteroatoms. The number of benzene rings is 1. The number of ether oxygens (including phenoxy) is 1. The van der Waals surface area contributed by atoms with Crippen LogP contribution < -0.4 is 0 Å². The first-order valence-electron chi connectivity index (χ1n) is 5.25. The molecule has 0 radical (unpaired) electrons. The lowest BCUT2D eigenvalue weighted by Gasteiger charge is -2.25. The second kappa shape index (κ2) is 4.07. The Kier molecular flexibility index (Phi) is 2.78. The van der Waals surface area contributed by atoms with Gasteiger partial charge in [0.15, 0.2) is 0 Å². The number of hydrogen-bond acceptors (Lipinski definition) is 2. The monoisotopic (exact) mass is 204 g/mol. The highest BCUT2D eigenvalue weighted by Crippen LogP contribution is 2.36.